The molecule has 4 heteroatoms. The van der Waals surface area contributed by atoms with Crippen LogP contribution in [0.25, 0.3) is 0 Å². The first-order valence-electron chi connectivity index (χ1n) is 3.83. The normalized spacial score (nSPS) is 10.7. The van der Waals surface area contributed by atoms with Gasteiger partial charge in [-0.25, -0.2) is 0 Å². The van der Waals surface area contributed by atoms with Crippen molar-refractivity contribution in [2.24, 2.45) is 0 Å². The van der Waals surface area contributed by atoms with E-state index in [0.29, 0.717) is 17.5 Å². The van der Waals surface area contributed by atoms with Gasteiger partial charge in [0.1, 0.15) is 6.29 Å². The molecule has 12 heavy (non-hydrogen) atoms. The van der Waals surface area contributed by atoms with Gasteiger partial charge in [0.2, 0.25) is 0 Å². The number of carbonyl (C=O) groups excluding carboxylic acids is 1. The summed E-state index contributed by atoms with van der Waals surface area (Å²) in [5.74, 6) is 0.319. The summed E-state index contributed by atoms with van der Waals surface area (Å²) in [5, 5.41) is 7.06. The number of hydrogen-bond donors (Lipinski definition) is 1. The quantitative estimate of drug-likeness (QED) is 0.734. The fourth-order valence-electron chi connectivity index (χ4n) is 1.11. The van der Waals surface area contributed by atoms with Gasteiger partial charge in [-0.2, -0.15) is 5.10 Å². The molecule has 3 nitrogen and oxygen atoms in total. The molecule has 0 atom stereocenters. The summed E-state index contributed by atoms with van der Waals surface area (Å²) in [5.41, 5.74) is 1.77. The lowest BCUT2D eigenvalue weighted by Crippen LogP contribution is -1.95. The Morgan fingerprint density at radius 2 is 2.33 bits per heavy atom. The zero-order valence-electron chi connectivity index (χ0n) is 7.10. The predicted octanol–water partition coefficient (Wildman–Crippen LogP) is 1.93. The van der Waals surface area contributed by atoms with Crippen LogP contribution in [-0.2, 0) is 11.2 Å². The van der Waals surface area contributed by atoms with E-state index in [1.165, 1.54) is 0 Å². The molecule has 1 aromatic heterocycles. The highest BCUT2D eigenvalue weighted by atomic mass is 35.5. The van der Waals surface area contributed by atoms with Crippen LogP contribution in [0, 0.1) is 0 Å². The lowest BCUT2D eigenvalue weighted by atomic mass is 10.0. The number of aromatic nitrogens is 2. The molecule has 0 aliphatic carbocycles. The lowest BCUT2D eigenvalue weighted by Gasteiger charge is -2.02. The van der Waals surface area contributed by atoms with E-state index >= 15 is 0 Å². The molecule has 0 radical (unpaired) electrons. The molecule has 0 bridgehead atoms. The van der Waals surface area contributed by atoms with Gasteiger partial charge < -0.3 is 4.79 Å². The van der Waals surface area contributed by atoms with Crippen molar-refractivity contribution >= 4 is 17.9 Å². The molecular formula is C8H11ClN2O. The largest absolute Gasteiger partial charge is 0.303 e. The zero-order chi connectivity index (χ0) is 9.14. The molecule has 0 aliphatic rings. The number of aldehydes is 1. The molecule has 66 valence electrons. The van der Waals surface area contributed by atoms with Gasteiger partial charge in [-0.1, -0.05) is 25.4 Å². The van der Waals surface area contributed by atoms with Gasteiger partial charge in [-0.05, 0) is 5.92 Å². The Hall–Kier alpha value is -0.830. The number of nitrogens with zero attached hydrogens (tertiary/aromatic N) is 1. The summed E-state index contributed by atoms with van der Waals surface area (Å²) in [6, 6.07) is 0. The van der Waals surface area contributed by atoms with Crippen LogP contribution in [0.5, 0.6) is 0 Å². The van der Waals surface area contributed by atoms with Crippen LogP contribution in [-0.4, -0.2) is 16.5 Å². The molecular weight excluding hydrogens is 176 g/mol. The molecule has 0 aliphatic heterocycles. The van der Waals surface area contributed by atoms with Crippen molar-refractivity contribution in [3.63, 3.8) is 0 Å². The summed E-state index contributed by atoms with van der Waals surface area (Å²) in [6.45, 7) is 4.05. The van der Waals surface area contributed by atoms with E-state index in [1.807, 2.05) is 13.8 Å². The summed E-state index contributed by atoms with van der Waals surface area (Å²) < 4.78 is 0. The third kappa shape index (κ3) is 1.67. The fraction of sp³-hybridized carbons (Fsp3) is 0.500. The SMILES string of the molecule is CC(C)c1[nH]nc(Cl)c1CC=O. The maximum Gasteiger partial charge on any atom is 0.154 e. The summed E-state index contributed by atoms with van der Waals surface area (Å²) in [4.78, 5) is 10.3. The average Bonchev–Trinajstić information content (AvgIpc) is 2.34. The number of rotatable bonds is 3. The van der Waals surface area contributed by atoms with Gasteiger partial charge >= 0.3 is 0 Å². The second kappa shape index (κ2) is 3.72. The Bertz CT molecular complexity index is 281. The molecule has 0 unspecified atom stereocenters. The van der Waals surface area contributed by atoms with Gasteiger partial charge in [-0.15, -0.1) is 0 Å². The Morgan fingerprint density at radius 3 is 2.83 bits per heavy atom. The van der Waals surface area contributed by atoms with E-state index in [-0.39, 0.29) is 0 Å². The van der Waals surface area contributed by atoms with Crippen molar-refractivity contribution in [3.8, 4) is 0 Å². The highest BCUT2D eigenvalue weighted by Crippen LogP contribution is 2.22. The predicted molar refractivity (Wildman–Crippen MR) is 47.5 cm³/mol. The van der Waals surface area contributed by atoms with Gasteiger partial charge in [0.25, 0.3) is 0 Å². The van der Waals surface area contributed by atoms with Crippen molar-refractivity contribution in [3.05, 3.63) is 16.4 Å². The van der Waals surface area contributed by atoms with Crippen LogP contribution in [0.4, 0.5) is 0 Å². The number of H-pyrrole nitrogens is 1. The fourth-order valence-corrected chi connectivity index (χ4v) is 1.33. The first-order chi connectivity index (χ1) is 5.66. The molecule has 0 saturated heterocycles. The molecule has 1 heterocycles. The van der Waals surface area contributed by atoms with E-state index in [0.717, 1.165) is 17.5 Å². The minimum Gasteiger partial charge on any atom is -0.303 e. The van der Waals surface area contributed by atoms with Crippen LogP contribution < -0.4 is 0 Å². The summed E-state index contributed by atoms with van der Waals surface area (Å²) in [6.07, 6.45) is 1.17. The van der Waals surface area contributed by atoms with Crippen molar-refractivity contribution < 1.29 is 4.79 Å². The van der Waals surface area contributed by atoms with Crippen LogP contribution >= 0.6 is 11.6 Å². The number of nitrogens with one attached hydrogen (secondary N) is 1. The summed E-state index contributed by atoms with van der Waals surface area (Å²) >= 11 is 5.77. The van der Waals surface area contributed by atoms with Crippen LogP contribution in [0.2, 0.25) is 5.15 Å². The Labute approximate surface area is 76.1 Å². The van der Waals surface area contributed by atoms with Gasteiger partial charge in [0.05, 0.1) is 0 Å². The number of carbonyl (C=O) groups is 1. The Balaban J connectivity index is 3.03. The Morgan fingerprint density at radius 1 is 1.67 bits per heavy atom. The topological polar surface area (TPSA) is 45.8 Å². The number of halogens is 1. The highest BCUT2D eigenvalue weighted by Gasteiger charge is 2.12. The maximum atomic E-state index is 10.3. The van der Waals surface area contributed by atoms with Crippen molar-refractivity contribution in [1.29, 1.82) is 0 Å². The first-order valence-corrected chi connectivity index (χ1v) is 4.21. The second-order valence-electron chi connectivity index (χ2n) is 2.93. The molecule has 0 amide bonds. The van der Waals surface area contributed by atoms with Crippen molar-refractivity contribution in [1.82, 2.24) is 10.2 Å². The molecule has 1 N–H and O–H groups in total. The van der Waals surface area contributed by atoms with E-state index in [4.69, 9.17) is 11.6 Å². The highest BCUT2D eigenvalue weighted by molar-refractivity contribution is 6.30. The smallest absolute Gasteiger partial charge is 0.154 e. The van der Waals surface area contributed by atoms with E-state index in [1.54, 1.807) is 0 Å². The number of aromatic amines is 1. The molecule has 0 spiro atoms. The molecule has 0 fully saturated rings. The zero-order valence-corrected chi connectivity index (χ0v) is 7.85. The van der Waals surface area contributed by atoms with Crippen molar-refractivity contribution in [2.75, 3.05) is 0 Å². The summed E-state index contributed by atoms with van der Waals surface area (Å²) in [7, 11) is 0. The van der Waals surface area contributed by atoms with E-state index in [9.17, 15) is 4.79 Å². The van der Waals surface area contributed by atoms with Gasteiger partial charge in [-0.3, -0.25) is 5.10 Å². The van der Waals surface area contributed by atoms with Crippen LogP contribution in [0.15, 0.2) is 0 Å². The Kier molecular flexibility index (Phi) is 2.87. The number of hydrogen-bond acceptors (Lipinski definition) is 2. The second-order valence-corrected chi connectivity index (χ2v) is 3.29. The molecule has 0 saturated carbocycles. The monoisotopic (exact) mass is 186 g/mol. The van der Waals surface area contributed by atoms with Crippen LogP contribution in [0.1, 0.15) is 31.0 Å². The van der Waals surface area contributed by atoms with Crippen LogP contribution in [0.3, 0.4) is 0 Å². The molecule has 1 aromatic rings. The minimum absolute atomic E-state index is 0.319. The molecule has 0 aromatic carbocycles. The maximum absolute atomic E-state index is 10.3. The minimum atomic E-state index is 0.319. The van der Waals surface area contributed by atoms with E-state index < -0.39 is 0 Å². The third-order valence-electron chi connectivity index (χ3n) is 1.71. The van der Waals surface area contributed by atoms with Gasteiger partial charge in [0, 0.05) is 17.7 Å². The average molecular weight is 187 g/mol. The van der Waals surface area contributed by atoms with Gasteiger partial charge in [0.15, 0.2) is 5.15 Å². The molecule has 1 rings (SSSR count). The third-order valence-corrected chi connectivity index (χ3v) is 2.03. The van der Waals surface area contributed by atoms with E-state index in [2.05, 4.69) is 10.2 Å². The first kappa shape index (κ1) is 9.26. The standard InChI is InChI=1S/C8H11ClN2O/c1-5(2)7-6(3-4-12)8(9)11-10-7/h4-5H,3H2,1-2H3,(H,10,11). The lowest BCUT2D eigenvalue weighted by molar-refractivity contribution is -0.107. The van der Waals surface area contributed by atoms with Crippen molar-refractivity contribution in [2.45, 2.75) is 26.2 Å².